The van der Waals surface area contributed by atoms with Gasteiger partial charge in [0.1, 0.15) is 6.10 Å². The Bertz CT molecular complexity index is 752. The smallest absolute Gasteiger partial charge is 0.248 e. The molecule has 2 aliphatic heterocycles. The molecule has 4 aliphatic rings. The Morgan fingerprint density at radius 1 is 1.27 bits per heavy atom. The summed E-state index contributed by atoms with van der Waals surface area (Å²) in [6, 6.07) is 3.83. The minimum atomic E-state index is -1.72. The third-order valence-electron chi connectivity index (χ3n) is 6.39. The number of rotatable bonds is 1. The average Bonchev–Trinajstić information content (AvgIpc) is 2.90. The van der Waals surface area contributed by atoms with Crippen molar-refractivity contribution in [3.63, 3.8) is 0 Å². The van der Waals surface area contributed by atoms with Crippen LogP contribution in [0.25, 0.3) is 0 Å². The lowest BCUT2D eigenvalue weighted by Crippen LogP contribution is -2.71. The van der Waals surface area contributed by atoms with Gasteiger partial charge in [-0.05, 0) is 38.1 Å². The second-order valence-corrected chi connectivity index (χ2v) is 7.55. The van der Waals surface area contributed by atoms with Crippen LogP contribution in [0.2, 0.25) is 0 Å². The van der Waals surface area contributed by atoms with Crippen LogP contribution in [0.5, 0.6) is 11.5 Å². The lowest BCUT2D eigenvalue weighted by molar-refractivity contribution is -0.250. The van der Waals surface area contributed by atoms with Crippen LogP contribution in [0.1, 0.15) is 17.5 Å². The van der Waals surface area contributed by atoms with Crippen molar-refractivity contribution in [3.05, 3.63) is 35.4 Å². The highest BCUT2D eigenvalue weighted by atomic mass is 17.1. The number of aliphatic hydroxyl groups excluding tert-OH is 1. The summed E-state index contributed by atoms with van der Waals surface area (Å²) in [5.41, 5.74) is 1.28. The molecule has 142 valence electrons. The minimum absolute atomic E-state index is 0.0531. The van der Waals surface area contributed by atoms with Crippen molar-refractivity contribution >= 4 is 0 Å². The lowest BCUT2D eigenvalue weighted by atomic mass is 9.52. The monoisotopic (exact) mass is 363 g/mol. The summed E-state index contributed by atoms with van der Waals surface area (Å²) in [5, 5.41) is 31.0. The van der Waals surface area contributed by atoms with E-state index in [2.05, 4.69) is 21.6 Å². The molecule has 1 aromatic carbocycles. The maximum absolute atomic E-state index is 11.4. The molecule has 0 amide bonds. The molecular formula is C19H25NO6. The molecule has 0 aromatic heterocycles. The normalized spacial score (nSPS) is 38.8. The van der Waals surface area contributed by atoms with Gasteiger partial charge in [-0.3, -0.25) is 0 Å². The van der Waals surface area contributed by atoms with Crippen LogP contribution in [-0.4, -0.2) is 66.1 Å². The van der Waals surface area contributed by atoms with E-state index in [0.717, 1.165) is 24.1 Å². The molecule has 2 aliphatic carbocycles. The van der Waals surface area contributed by atoms with Gasteiger partial charge in [0.25, 0.3) is 0 Å². The first-order valence-corrected chi connectivity index (χ1v) is 8.80. The number of ether oxygens (including phenoxy) is 2. The van der Waals surface area contributed by atoms with Crippen LogP contribution in [0.15, 0.2) is 24.3 Å². The molecule has 0 unspecified atom stereocenters. The zero-order valence-corrected chi connectivity index (χ0v) is 15.2. The Balaban J connectivity index is 0.000000527. The highest BCUT2D eigenvalue weighted by molar-refractivity contribution is 5.63. The quantitative estimate of drug-likeness (QED) is 0.388. The summed E-state index contributed by atoms with van der Waals surface area (Å²) in [6.07, 6.45) is 4.06. The van der Waals surface area contributed by atoms with Crippen LogP contribution in [0.3, 0.4) is 0 Å². The summed E-state index contributed by atoms with van der Waals surface area (Å²) in [7, 11) is 5.35. The van der Waals surface area contributed by atoms with Gasteiger partial charge in [0.15, 0.2) is 5.75 Å². The molecule has 1 spiro atoms. The largest absolute Gasteiger partial charge is 0.454 e. The van der Waals surface area contributed by atoms with Gasteiger partial charge in [0.2, 0.25) is 11.5 Å². The van der Waals surface area contributed by atoms with Crippen LogP contribution < -0.4 is 9.62 Å². The van der Waals surface area contributed by atoms with E-state index in [4.69, 9.17) is 4.74 Å². The number of piperidine rings is 1. The molecule has 26 heavy (non-hydrogen) atoms. The fourth-order valence-corrected chi connectivity index (χ4v) is 5.34. The maximum Gasteiger partial charge on any atom is 0.248 e. The maximum atomic E-state index is 11.4. The summed E-state index contributed by atoms with van der Waals surface area (Å²) in [6.45, 7) is 0.816. The SMILES string of the molecule is CN1CC[C@]23c4c5ccc(OO)c4O[C@@]2(O)[C@@H](O)C=C[C@H]3[C@H]1C5.COC. The van der Waals surface area contributed by atoms with Gasteiger partial charge in [0.05, 0.1) is 5.41 Å². The molecule has 7 heteroatoms. The number of benzene rings is 1. The molecular weight excluding hydrogens is 338 g/mol. The third kappa shape index (κ3) is 1.95. The van der Waals surface area contributed by atoms with E-state index >= 15 is 0 Å². The van der Waals surface area contributed by atoms with Gasteiger partial charge in [-0.1, -0.05) is 18.2 Å². The predicted molar refractivity (Wildman–Crippen MR) is 93.3 cm³/mol. The molecule has 1 aromatic rings. The molecule has 0 saturated carbocycles. The molecule has 5 rings (SSSR count). The highest BCUT2D eigenvalue weighted by Crippen LogP contribution is 2.65. The summed E-state index contributed by atoms with van der Waals surface area (Å²) in [5.74, 6) is -1.12. The van der Waals surface area contributed by atoms with Gasteiger partial charge in [-0.25, -0.2) is 5.26 Å². The third-order valence-corrected chi connectivity index (χ3v) is 6.39. The Morgan fingerprint density at radius 3 is 2.69 bits per heavy atom. The van der Waals surface area contributed by atoms with E-state index in [0.29, 0.717) is 12.2 Å². The van der Waals surface area contributed by atoms with Gasteiger partial charge in [0, 0.05) is 31.7 Å². The first-order chi connectivity index (χ1) is 12.4. The van der Waals surface area contributed by atoms with Crippen LogP contribution in [-0.2, 0) is 16.6 Å². The van der Waals surface area contributed by atoms with E-state index in [1.54, 1.807) is 26.4 Å². The zero-order valence-electron chi connectivity index (χ0n) is 15.2. The minimum Gasteiger partial charge on any atom is -0.454 e. The Hall–Kier alpha value is -1.64. The Labute approximate surface area is 152 Å². The van der Waals surface area contributed by atoms with Crippen LogP contribution in [0.4, 0.5) is 0 Å². The second-order valence-electron chi connectivity index (χ2n) is 7.55. The standard InChI is InChI=1S/C17H19NO5.C2H6O/c1-18-7-6-16-10-3-5-13(19)17(16,20)22-15-12(23-21)4-2-9(14(15)16)8-11(10)18;1-3-2/h2-5,10-11,13,19-21H,6-8H2,1H3;1-2H3/t10-,11+,13-,16-,17-;/m0./s1. The van der Waals surface area contributed by atoms with Crippen molar-refractivity contribution in [2.24, 2.45) is 5.92 Å². The number of likely N-dealkylation sites (N-methyl/N-ethyl adjacent to an activating group) is 1. The number of aliphatic hydroxyl groups is 2. The predicted octanol–water partition coefficient (Wildman–Crippen LogP) is 0.927. The van der Waals surface area contributed by atoms with Crippen molar-refractivity contribution in [1.29, 1.82) is 0 Å². The van der Waals surface area contributed by atoms with E-state index in [9.17, 15) is 15.5 Å². The molecule has 2 bridgehead atoms. The van der Waals surface area contributed by atoms with Gasteiger partial charge < -0.3 is 29.5 Å². The van der Waals surface area contributed by atoms with E-state index in [1.165, 1.54) is 0 Å². The van der Waals surface area contributed by atoms with Crippen molar-refractivity contribution in [2.75, 3.05) is 27.8 Å². The van der Waals surface area contributed by atoms with E-state index in [-0.39, 0.29) is 17.7 Å². The Morgan fingerprint density at radius 2 is 2.00 bits per heavy atom. The van der Waals surface area contributed by atoms with Crippen molar-refractivity contribution in [3.8, 4) is 11.5 Å². The fourth-order valence-electron chi connectivity index (χ4n) is 5.34. The fraction of sp³-hybridized carbons (Fsp3) is 0.579. The Kier molecular flexibility index (Phi) is 4.05. The molecule has 1 saturated heterocycles. The highest BCUT2D eigenvalue weighted by Gasteiger charge is 2.72. The van der Waals surface area contributed by atoms with Gasteiger partial charge in [-0.2, -0.15) is 0 Å². The van der Waals surface area contributed by atoms with E-state index < -0.39 is 17.3 Å². The molecule has 0 radical (unpaired) electrons. The second kappa shape index (κ2) is 5.94. The van der Waals surface area contributed by atoms with Crippen molar-refractivity contribution in [1.82, 2.24) is 4.90 Å². The van der Waals surface area contributed by atoms with Gasteiger partial charge >= 0.3 is 0 Å². The number of likely N-dealkylation sites (tertiary alicyclic amines) is 1. The first-order valence-electron chi connectivity index (χ1n) is 8.80. The molecule has 5 atom stereocenters. The molecule has 3 N–H and O–H groups in total. The first kappa shape index (κ1) is 17.8. The number of nitrogens with zero attached hydrogens (tertiary/aromatic N) is 1. The summed E-state index contributed by atoms with van der Waals surface area (Å²) in [4.78, 5) is 6.78. The topological polar surface area (TPSA) is 91.6 Å². The van der Waals surface area contributed by atoms with Crippen LogP contribution >= 0.6 is 0 Å². The molecule has 7 nitrogen and oxygen atoms in total. The lowest BCUT2D eigenvalue weighted by Gasteiger charge is -2.58. The zero-order chi connectivity index (χ0) is 18.7. The summed E-state index contributed by atoms with van der Waals surface area (Å²) >= 11 is 0. The number of methoxy groups -OCH3 is 1. The molecule has 2 heterocycles. The number of hydrogen-bond donors (Lipinski definition) is 3. The number of hydrogen-bond acceptors (Lipinski definition) is 7. The van der Waals surface area contributed by atoms with Crippen molar-refractivity contribution < 1.29 is 29.8 Å². The summed E-state index contributed by atoms with van der Waals surface area (Å²) < 4.78 is 10.1. The van der Waals surface area contributed by atoms with Crippen LogP contribution in [0, 0.1) is 5.92 Å². The van der Waals surface area contributed by atoms with Gasteiger partial charge in [-0.15, -0.1) is 0 Å². The average molecular weight is 363 g/mol. The molecule has 1 fully saturated rings. The van der Waals surface area contributed by atoms with E-state index in [1.807, 2.05) is 12.1 Å². The van der Waals surface area contributed by atoms with Crippen molar-refractivity contribution in [2.45, 2.75) is 36.2 Å².